The van der Waals surface area contributed by atoms with Crippen molar-refractivity contribution >= 4 is 11.6 Å². The lowest BCUT2D eigenvalue weighted by atomic mass is 10.1. The monoisotopic (exact) mass is 450 g/mol. The Balaban J connectivity index is 0.000000320. The molecule has 0 saturated carbocycles. The Morgan fingerprint density at radius 1 is 0.531 bits per heavy atom. The fraction of sp³-hybridized carbons (Fsp3) is 0.929. The van der Waals surface area contributed by atoms with Crippen molar-refractivity contribution in [1.82, 2.24) is 9.80 Å². The average Bonchev–Trinajstić information content (AvgIpc) is 2.78. The van der Waals surface area contributed by atoms with E-state index in [0.29, 0.717) is 11.6 Å². The molecule has 2 fully saturated rings. The lowest BCUT2D eigenvalue weighted by molar-refractivity contribution is -0.122. The zero-order valence-corrected chi connectivity index (χ0v) is 21.7. The fourth-order valence-electron chi connectivity index (χ4n) is 4.78. The van der Waals surface area contributed by atoms with Crippen LogP contribution in [0.3, 0.4) is 0 Å². The summed E-state index contributed by atoms with van der Waals surface area (Å²) < 4.78 is 0. The second-order valence-electron chi connectivity index (χ2n) is 10.1. The highest BCUT2D eigenvalue weighted by Gasteiger charge is 2.16. The number of unbranched alkanes of at least 4 members (excludes halogenated alkanes) is 12. The molecule has 0 N–H and O–H groups in total. The SMILES string of the molecule is CCCCCCCCCN1CCCC(=O)C1.CCCCCCCCCN1CCCC(=O)C1. The van der Waals surface area contributed by atoms with Crippen LogP contribution in [0, 0.1) is 0 Å². The van der Waals surface area contributed by atoms with Crippen LogP contribution in [0.4, 0.5) is 0 Å². The molecule has 2 aliphatic rings. The van der Waals surface area contributed by atoms with Crippen molar-refractivity contribution in [1.29, 1.82) is 0 Å². The van der Waals surface area contributed by atoms with Crippen LogP contribution in [0.5, 0.6) is 0 Å². The number of hydrogen-bond acceptors (Lipinski definition) is 4. The molecule has 0 unspecified atom stereocenters. The molecular formula is C28H54N2O2. The minimum Gasteiger partial charge on any atom is -0.298 e. The number of rotatable bonds is 16. The number of hydrogen-bond donors (Lipinski definition) is 0. The molecular weight excluding hydrogens is 396 g/mol. The molecule has 0 aromatic heterocycles. The highest BCUT2D eigenvalue weighted by molar-refractivity contribution is 5.81. The van der Waals surface area contributed by atoms with Gasteiger partial charge in [-0.05, 0) is 51.9 Å². The number of piperidine rings is 2. The fourth-order valence-corrected chi connectivity index (χ4v) is 4.78. The first-order chi connectivity index (χ1) is 15.7. The van der Waals surface area contributed by atoms with Crippen LogP contribution in [-0.2, 0) is 9.59 Å². The minimum absolute atomic E-state index is 0.439. The van der Waals surface area contributed by atoms with Crippen LogP contribution in [-0.4, -0.2) is 60.6 Å². The van der Waals surface area contributed by atoms with Crippen LogP contribution in [0.15, 0.2) is 0 Å². The molecule has 2 rings (SSSR count). The Kier molecular flexibility index (Phi) is 19.1. The van der Waals surface area contributed by atoms with Gasteiger partial charge in [0, 0.05) is 12.8 Å². The Morgan fingerprint density at radius 3 is 1.22 bits per heavy atom. The van der Waals surface area contributed by atoms with Gasteiger partial charge in [-0.2, -0.15) is 0 Å². The largest absolute Gasteiger partial charge is 0.298 e. The molecule has 2 heterocycles. The van der Waals surface area contributed by atoms with E-state index in [0.717, 1.165) is 65.0 Å². The van der Waals surface area contributed by atoms with Crippen molar-refractivity contribution in [2.45, 2.75) is 129 Å². The standard InChI is InChI=1S/2C14H27NO/c2*1-2-3-4-5-6-7-8-11-15-12-9-10-14(16)13-15/h2*2-13H2,1H3. The van der Waals surface area contributed by atoms with E-state index in [-0.39, 0.29) is 0 Å². The Bertz CT molecular complexity index is 424. The van der Waals surface area contributed by atoms with Gasteiger partial charge >= 0.3 is 0 Å². The molecule has 0 amide bonds. The predicted molar refractivity (Wildman–Crippen MR) is 137 cm³/mol. The van der Waals surface area contributed by atoms with E-state index in [1.165, 1.54) is 89.9 Å². The van der Waals surface area contributed by atoms with E-state index in [2.05, 4.69) is 23.6 Å². The number of carbonyl (C=O) groups excluding carboxylic acids is 2. The molecule has 0 aromatic carbocycles. The summed E-state index contributed by atoms with van der Waals surface area (Å²) in [5, 5.41) is 0. The van der Waals surface area contributed by atoms with Crippen molar-refractivity contribution < 1.29 is 9.59 Å². The van der Waals surface area contributed by atoms with Gasteiger partial charge in [0.05, 0.1) is 13.1 Å². The third-order valence-electron chi connectivity index (χ3n) is 6.82. The molecule has 0 radical (unpaired) electrons. The summed E-state index contributed by atoms with van der Waals surface area (Å²) in [6.07, 6.45) is 22.8. The molecule has 0 aliphatic carbocycles. The average molecular weight is 451 g/mol. The van der Waals surface area contributed by atoms with Gasteiger partial charge in [0.25, 0.3) is 0 Å². The van der Waals surface area contributed by atoms with Crippen LogP contribution in [0.1, 0.15) is 129 Å². The summed E-state index contributed by atoms with van der Waals surface area (Å²) in [6.45, 7) is 10.5. The number of carbonyl (C=O) groups is 2. The van der Waals surface area contributed by atoms with Gasteiger partial charge in [-0.3, -0.25) is 19.4 Å². The van der Waals surface area contributed by atoms with E-state index >= 15 is 0 Å². The maximum absolute atomic E-state index is 11.2. The van der Waals surface area contributed by atoms with Crippen LogP contribution < -0.4 is 0 Å². The van der Waals surface area contributed by atoms with Crippen molar-refractivity contribution in [2.24, 2.45) is 0 Å². The quantitative estimate of drug-likeness (QED) is 0.242. The number of ketones is 2. The zero-order chi connectivity index (χ0) is 23.3. The van der Waals surface area contributed by atoms with Crippen LogP contribution >= 0.6 is 0 Å². The second kappa shape index (κ2) is 20.8. The molecule has 2 saturated heterocycles. The van der Waals surface area contributed by atoms with Crippen LogP contribution in [0.2, 0.25) is 0 Å². The van der Waals surface area contributed by atoms with E-state index in [9.17, 15) is 9.59 Å². The smallest absolute Gasteiger partial charge is 0.146 e. The topological polar surface area (TPSA) is 40.6 Å². The number of likely N-dealkylation sites (tertiary alicyclic amines) is 2. The Hall–Kier alpha value is -0.740. The van der Waals surface area contributed by atoms with Gasteiger partial charge in [0.2, 0.25) is 0 Å². The van der Waals surface area contributed by atoms with Gasteiger partial charge in [0.1, 0.15) is 11.6 Å². The van der Waals surface area contributed by atoms with E-state index in [1.807, 2.05) is 0 Å². The first-order valence-electron chi connectivity index (χ1n) is 14.1. The van der Waals surface area contributed by atoms with Gasteiger partial charge < -0.3 is 0 Å². The summed E-state index contributed by atoms with van der Waals surface area (Å²) in [7, 11) is 0. The van der Waals surface area contributed by atoms with E-state index in [1.54, 1.807) is 0 Å². The molecule has 4 heteroatoms. The molecule has 32 heavy (non-hydrogen) atoms. The van der Waals surface area contributed by atoms with Gasteiger partial charge in [-0.15, -0.1) is 0 Å². The Labute approximate surface area is 199 Å². The first-order valence-corrected chi connectivity index (χ1v) is 14.1. The molecule has 0 bridgehead atoms. The van der Waals surface area contributed by atoms with Gasteiger partial charge in [0.15, 0.2) is 0 Å². The normalized spacial score (nSPS) is 17.9. The van der Waals surface area contributed by atoms with E-state index < -0.39 is 0 Å². The first kappa shape index (κ1) is 29.3. The lowest BCUT2D eigenvalue weighted by Gasteiger charge is -2.25. The summed E-state index contributed by atoms with van der Waals surface area (Å²) >= 11 is 0. The molecule has 0 atom stereocenters. The van der Waals surface area contributed by atoms with E-state index in [4.69, 9.17) is 0 Å². The minimum atomic E-state index is 0.439. The maximum atomic E-state index is 11.2. The third-order valence-corrected chi connectivity index (χ3v) is 6.82. The number of Topliss-reactive ketones (excluding diaryl/α,β-unsaturated/α-hetero) is 2. The molecule has 0 spiro atoms. The summed E-state index contributed by atoms with van der Waals surface area (Å²) in [6, 6.07) is 0. The van der Waals surface area contributed by atoms with Crippen molar-refractivity contribution in [3.8, 4) is 0 Å². The highest BCUT2D eigenvalue weighted by atomic mass is 16.1. The van der Waals surface area contributed by atoms with Gasteiger partial charge in [-0.1, -0.05) is 90.9 Å². The zero-order valence-electron chi connectivity index (χ0n) is 21.7. The van der Waals surface area contributed by atoms with Crippen LogP contribution in [0.25, 0.3) is 0 Å². The third kappa shape index (κ3) is 16.8. The lowest BCUT2D eigenvalue weighted by Crippen LogP contribution is -2.36. The van der Waals surface area contributed by atoms with Crippen molar-refractivity contribution in [3.63, 3.8) is 0 Å². The van der Waals surface area contributed by atoms with Crippen molar-refractivity contribution in [2.75, 3.05) is 39.3 Å². The molecule has 0 aromatic rings. The summed E-state index contributed by atoms with van der Waals surface area (Å²) in [5.41, 5.74) is 0. The van der Waals surface area contributed by atoms with Gasteiger partial charge in [-0.25, -0.2) is 0 Å². The number of nitrogens with zero attached hydrogens (tertiary/aromatic N) is 2. The predicted octanol–water partition coefficient (Wildman–Crippen LogP) is 6.80. The second-order valence-corrected chi connectivity index (χ2v) is 10.1. The molecule has 188 valence electrons. The molecule has 2 aliphatic heterocycles. The summed E-state index contributed by atoms with van der Waals surface area (Å²) in [4.78, 5) is 27.1. The highest BCUT2D eigenvalue weighted by Crippen LogP contribution is 2.11. The Morgan fingerprint density at radius 2 is 0.875 bits per heavy atom. The van der Waals surface area contributed by atoms with Crippen molar-refractivity contribution in [3.05, 3.63) is 0 Å². The summed E-state index contributed by atoms with van der Waals surface area (Å²) in [5.74, 6) is 0.878. The maximum Gasteiger partial charge on any atom is 0.146 e. The molecule has 4 nitrogen and oxygen atoms in total.